The van der Waals surface area contributed by atoms with Gasteiger partial charge < -0.3 is 15.8 Å². The number of nitrogens with two attached hydrogens (primary N) is 1. The topological polar surface area (TPSA) is 64.3 Å². The summed E-state index contributed by atoms with van der Waals surface area (Å²) in [5, 5.41) is 3.32. The van der Waals surface area contributed by atoms with Crippen LogP contribution in [0.5, 0.6) is 0 Å². The Morgan fingerprint density at radius 3 is 2.85 bits per heavy atom. The van der Waals surface area contributed by atoms with Gasteiger partial charge in [0, 0.05) is 17.9 Å². The molecule has 1 aliphatic rings. The number of rotatable bonds is 6. The van der Waals surface area contributed by atoms with Gasteiger partial charge in [0.25, 0.3) is 0 Å². The maximum absolute atomic E-state index is 11.7. The molecule has 1 saturated carbocycles. The first-order valence-electron chi connectivity index (χ1n) is 7.42. The lowest BCUT2D eigenvalue weighted by atomic mass is 10.0. The monoisotopic (exact) mass is 276 g/mol. The van der Waals surface area contributed by atoms with Crippen molar-refractivity contribution in [1.29, 1.82) is 0 Å². The van der Waals surface area contributed by atoms with Crippen LogP contribution in [-0.4, -0.2) is 19.6 Å². The van der Waals surface area contributed by atoms with Crippen LogP contribution in [-0.2, 0) is 4.74 Å². The SMILES string of the molecule is COC(=O)c1cc(N)ccc1NCCCC1CCCC1. The lowest BCUT2D eigenvalue weighted by Gasteiger charge is -2.13. The molecule has 2 rings (SSSR count). The van der Waals surface area contributed by atoms with Gasteiger partial charge in [-0.2, -0.15) is 0 Å². The average molecular weight is 276 g/mol. The molecule has 0 radical (unpaired) electrons. The van der Waals surface area contributed by atoms with Crippen molar-refractivity contribution in [3.8, 4) is 0 Å². The summed E-state index contributed by atoms with van der Waals surface area (Å²) >= 11 is 0. The molecule has 110 valence electrons. The number of methoxy groups -OCH3 is 1. The number of nitrogen functional groups attached to an aromatic ring is 1. The minimum atomic E-state index is -0.351. The molecule has 1 aliphatic carbocycles. The fourth-order valence-corrected chi connectivity index (χ4v) is 2.91. The molecule has 0 saturated heterocycles. The number of ether oxygens (including phenoxy) is 1. The summed E-state index contributed by atoms with van der Waals surface area (Å²) in [4.78, 5) is 11.7. The molecule has 0 atom stereocenters. The van der Waals surface area contributed by atoms with E-state index in [2.05, 4.69) is 5.32 Å². The predicted molar refractivity (Wildman–Crippen MR) is 81.9 cm³/mol. The van der Waals surface area contributed by atoms with Gasteiger partial charge in [-0.1, -0.05) is 25.7 Å². The number of nitrogens with one attached hydrogen (secondary N) is 1. The van der Waals surface area contributed by atoms with Gasteiger partial charge >= 0.3 is 5.97 Å². The smallest absolute Gasteiger partial charge is 0.340 e. The molecule has 0 aliphatic heterocycles. The highest BCUT2D eigenvalue weighted by molar-refractivity contribution is 5.96. The summed E-state index contributed by atoms with van der Waals surface area (Å²) in [6.07, 6.45) is 7.96. The molecule has 1 aromatic carbocycles. The van der Waals surface area contributed by atoms with Gasteiger partial charge in [-0.25, -0.2) is 4.79 Å². The summed E-state index contributed by atoms with van der Waals surface area (Å²) in [5.41, 5.74) is 7.60. The van der Waals surface area contributed by atoms with Crippen molar-refractivity contribution in [3.63, 3.8) is 0 Å². The third kappa shape index (κ3) is 3.89. The van der Waals surface area contributed by atoms with Gasteiger partial charge in [0.1, 0.15) is 0 Å². The first-order chi connectivity index (χ1) is 9.70. The molecule has 0 bridgehead atoms. The number of esters is 1. The van der Waals surface area contributed by atoms with Gasteiger partial charge in [-0.3, -0.25) is 0 Å². The normalized spacial score (nSPS) is 15.2. The molecule has 4 nitrogen and oxygen atoms in total. The number of carbonyl (C=O) groups excluding carboxylic acids is 1. The lowest BCUT2D eigenvalue weighted by molar-refractivity contribution is 0.0602. The van der Waals surface area contributed by atoms with Crippen LogP contribution in [0.15, 0.2) is 18.2 Å². The van der Waals surface area contributed by atoms with E-state index in [-0.39, 0.29) is 5.97 Å². The Bertz CT molecular complexity index is 454. The van der Waals surface area contributed by atoms with Gasteiger partial charge in [0.2, 0.25) is 0 Å². The first-order valence-corrected chi connectivity index (χ1v) is 7.42. The van der Waals surface area contributed by atoms with Gasteiger partial charge in [0.05, 0.1) is 12.7 Å². The second-order valence-electron chi connectivity index (χ2n) is 5.52. The van der Waals surface area contributed by atoms with E-state index in [1.54, 1.807) is 12.1 Å². The summed E-state index contributed by atoms with van der Waals surface area (Å²) < 4.78 is 4.79. The van der Waals surface area contributed by atoms with Crippen LogP contribution in [0.3, 0.4) is 0 Å². The van der Waals surface area contributed by atoms with Crippen LogP contribution in [0.1, 0.15) is 48.9 Å². The summed E-state index contributed by atoms with van der Waals surface area (Å²) in [6, 6.07) is 5.30. The van der Waals surface area contributed by atoms with E-state index in [0.717, 1.165) is 24.6 Å². The molecule has 20 heavy (non-hydrogen) atoms. The number of anilines is 2. The van der Waals surface area contributed by atoms with Crippen LogP contribution in [0, 0.1) is 5.92 Å². The number of hydrogen-bond acceptors (Lipinski definition) is 4. The number of benzene rings is 1. The highest BCUT2D eigenvalue weighted by atomic mass is 16.5. The van der Waals surface area contributed by atoms with Crippen molar-refractivity contribution in [2.24, 2.45) is 5.92 Å². The van der Waals surface area contributed by atoms with Crippen LogP contribution < -0.4 is 11.1 Å². The maximum atomic E-state index is 11.7. The molecular formula is C16H24N2O2. The zero-order valence-corrected chi connectivity index (χ0v) is 12.2. The Labute approximate surface area is 120 Å². The molecule has 0 unspecified atom stereocenters. The van der Waals surface area contributed by atoms with Crippen molar-refractivity contribution in [3.05, 3.63) is 23.8 Å². The Morgan fingerprint density at radius 1 is 1.40 bits per heavy atom. The number of hydrogen-bond donors (Lipinski definition) is 2. The molecule has 4 heteroatoms. The molecule has 0 aromatic heterocycles. The second kappa shape index (κ2) is 7.17. The largest absolute Gasteiger partial charge is 0.465 e. The third-order valence-corrected chi connectivity index (χ3v) is 4.03. The average Bonchev–Trinajstić information content (AvgIpc) is 2.97. The minimum Gasteiger partial charge on any atom is -0.465 e. The molecule has 0 amide bonds. The fourth-order valence-electron chi connectivity index (χ4n) is 2.91. The van der Waals surface area contributed by atoms with Gasteiger partial charge in [-0.05, 0) is 37.0 Å². The molecule has 0 spiro atoms. The Balaban J connectivity index is 1.86. The molecule has 3 N–H and O–H groups in total. The highest BCUT2D eigenvalue weighted by Crippen LogP contribution is 2.28. The summed E-state index contributed by atoms with van der Waals surface area (Å²) in [7, 11) is 1.38. The van der Waals surface area contributed by atoms with Crippen LogP contribution in [0.2, 0.25) is 0 Å². The lowest BCUT2D eigenvalue weighted by Crippen LogP contribution is -2.10. The van der Waals surface area contributed by atoms with Crippen LogP contribution in [0.4, 0.5) is 11.4 Å². The minimum absolute atomic E-state index is 0.351. The summed E-state index contributed by atoms with van der Waals surface area (Å²) in [5.74, 6) is 0.555. The first kappa shape index (κ1) is 14.7. The van der Waals surface area contributed by atoms with Crippen molar-refractivity contribution in [2.75, 3.05) is 24.7 Å². The molecule has 1 aromatic rings. The van der Waals surface area contributed by atoms with Crippen LogP contribution in [0.25, 0.3) is 0 Å². The number of carbonyl (C=O) groups is 1. The van der Waals surface area contributed by atoms with Crippen LogP contribution >= 0.6 is 0 Å². The predicted octanol–water partition coefficient (Wildman–Crippen LogP) is 3.44. The highest BCUT2D eigenvalue weighted by Gasteiger charge is 2.15. The third-order valence-electron chi connectivity index (χ3n) is 4.03. The molecular weight excluding hydrogens is 252 g/mol. The van der Waals surface area contributed by atoms with E-state index in [4.69, 9.17) is 10.5 Å². The Hall–Kier alpha value is -1.71. The Morgan fingerprint density at radius 2 is 2.15 bits per heavy atom. The Kier molecular flexibility index (Phi) is 5.27. The van der Waals surface area contributed by atoms with Gasteiger partial charge in [0.15, 0.2) is 0 Å². The van der Waals surface area contributed by atoms with E-state index in [1.807, 2.05) is 6.07 Å². The van der Waals surface area contributed by atoms with Gasteiger partial charge in [-0.15, -0.1) is 0 Å². The van der Waals surface area contributed by atoms with E-state index in [9.17, 15) is 4.79 Å². The van der Waals surface area contributed by atoms with E-state index in [1.165, 1.54) is 39.2 Å². The maximum Gasteiger partial charge on any atom is 0.340 e. The van der Waals surface area contributed by atoms with Crippen molar-refractivity contribution in [1.82, 2.24) is 0 Å². The quantitative estimate of drug-likeness (QED) is 0.474. The molecule has 0 heterocycles. The van der Waals surface area contributed by atoms with Crippen molar-refractivity contribution in [2.45, 2.75) is 38.5 Å². The standard InChI is InChI=1S/C16H24N2O2/c1-20-16(19)14-11-13(17)8-9-15(14)18-10-4-7-12-5-2-3-6-12/h8-9,11-12,18H,2-7,10,17H2,1H3. The second-order valence-corrected chi connectivity index (χ2v) is 5.52. The van der Waals surface area contributed by atoms with Crippen molar-refractivity contribution < 1.29 is 9.53 Å². The molecule has 1 fully saturated rings. The van der Waals surface area contributed by atoms with E-state index >= 15 is 0 Å². The zero-order chi connectivity index (χ0) is 14.4. The zero-order valence-electron chi connectivity index (χ0n) is 12.2. The van der Waals surface area contributed by atoms with E-state index < -0.39 is 0 Å². The van der Waals surface area contributed by atoms with Crippen molar-refractivity contribution >= 4 is 17.3 Å². The fraction of sp³-hybridized carbons (Fsp3) is 0.562. The van der Waals surface area contributed by atoms with E-state index in [0.29, 0.717) is 11.3 Å². The summed E-state index contributed by atoms with van der Waals surface area (Å²) in [6.45, 7) is 0.879.